The third-order valence-corrected chi connectivity index (χ3v) is 2.85. The predicted octanol–water partition coefficient (Wildman–Crippen LogP) is 2.33. The molecule has 0 saturated carbocycles. The standard InChI is InChI=1S/C14H20N4/c1-3-5-15-9-12-8-13(11-16-10-12)18-7-6-17-14(18)4-2/h6-8,10-11,15H,3-5,9H2,1-2H3. The van der Waals surface area contributed by atoms with Gasteiger partial charge in [-0.1, -0.05) is 13.8 Å². The van der Waals surface area contributed by atoms with Crippen LogP contribution in [0, 0.1) is 0 Å². The summed E-state index contributed by atoms with van der Waals surface area (Å²) in [5.41, 5.74) is 2.29. The fourth-order valence-electron chi connectivity index (χ4n) is 1.94. The van der Waals surface area contributed by atoms with Crippen molar-refractivity contribution in [3.05, 3.63) is 42.2 Å². The molecule has 0 atom stereocenters. The first-order chi connectivity index (χ1) is 8.85. The third-order valence-electron chi connectivity index (χ3n) is 2.85. The molecule has 2 aromatic heterocycles. The second-order valence-corrected chi connectivity index (χ2v) is 4.30. The van der Waals surface area contributed by atoms with Crippen LogP contribution < -0.4 is 5.32 Å². The van der Waals surface area contributed by atoms with Gasteiger partial charge in [-0.25, -0.2) is 4.98 Å². The van der Waals surface area contributed by atoms with Gasteiger partial charge in [0.1, 0.15) is 5.82 Å². The van der Waals surface area contributed by atoms with Crippen LogP contribution in [0.4, 0.5) is 0 Å². The molecule has 0 aliphatic heterocycles. The molecule has 1 N–H and O–H groups in total. The van der Waals surface area contributed by atoms with E-state index in [1.54, 1.807) is 0 Å². The lowest BCUT2D eigenvalue weighted by Crippen LogP contribution is -2.14. The van der Waals surface area contributed by atoms with Crippen molar-refractivity contribution >= 4 is 0 Å². The number of nitrogens with zero attached hydrogens (tertiary/aromatic N) is 3. The van der Waals surface area contributed by atoms with Gasteiger partial charge in [0.15, 0.2) is 0 Å². The number of aromatic nitrogens is 3. The maximum Gasteiger partial charge on any atom is 0.112 e. The van der Waals surface area contributed by atoms with Gasteiger partial charge in [-0.2, -0.15) is 0 Å². The smallest absolute Gasteiger partial charge is 0.112 e. The molecule has 0 radical (unpaired) electrons. The zero-order valence-electron chi connectivity index (χ0n) is 11.1. The molecule has 18 heavy (non-hydrogen) atoms. The highest BCUT2D eigenvalue weighted by atomic mass is 15.1. The van der Waals surface area contributed by atoms with Crippen molar-refractivity contribution in [2.24, 2.45) is 0 Å². The van der Waals surface area contributed by atoms with E-state index in [1.807, 2.05) is 24.8 Å². The Morgan fingerprint density at radius 2 is 2.17 bits per heavy atom. The van der Waals surface area contributed by atoms with Gasteiger partial charge in [0, 0.05) is 31.6 Å². The highest BCUT2D eigenvalue weighted by molar-refractivity contribution is 5.33. The fourth-order valence-corrected chi connectivity index (χ4v) is 1.94. The highest BCUT2D eigenvalue weighted by Gasteiger charge is 2.04. The minimum Gasteiger partial charge on any atom is -0.313 e. The van der Waals surface area contributed by atoms with Crippen molar-refractivity contribution in [2.45, 2.75) is 33.2 Å². The van der Waals surface area contributed by atoms with E-state index in [0.29, 0.717) is 0 Å². The molecule has 0 aliphatic rings. The van der Waals surface area contributed by atoms with Gasteiger partial charge in [0.2, 0.25) is 0 Å². The van der Waals surface area contributed by atoms with Crippen LogP contribution in [0.2, 0.25) is 0 Å². The SMILES string of the molecule is CCCNCc1cncc(-n2ccnc2CC)c1. The summed E-state index contributed by atoms with van der Waals surface area (Å²) in [5.74, 6) is 1.07. The van der Waals surface area contributed by atoms with Gasteiger partial charge in [0.25, 0.3) is 0 Å². The highest BCUT2D eigenvalue weighted by Crippen LogP contribution is 2.11. The van der Waals surface area contributed by atoms with Gasteiger partial charge < -0.3 is 9.88 Å². The topological polar surface area (TPSA) is 42.7 Å². The quantitative estimate of drug-likeness (QED) is 0.793. The van der Waals surface area contributed by atoms with E-state index < -0.39 is 0 Å². The number of imidazole rings is 1. The summed E-state index contributed by atoms with van der Waals surface area (Å²) in [7, 11) is 0. The normalized spacial score (nSPS) is 10.8. The van der Waals surface area contributed by atoms with Crippen molar-refractivity contribution in [3.63, 3.8) is 0 Å². The molecule has 0 amide bonds. The maximum atomic E-state index is 4.34. The van der Waals surface area contributed by atoms with E-state index in [0.717, 1.165) is 37.4 Å². The first-order valence-electron chi connectivity index (χ1n) is 6.52. The minimum absolute atomic E-state index is 0.866. The average molecular weight is 244 g/mol. The van der Waals surface area contributed by atoms with E-state index >= 15 is 0 Å². The van der Waals surface area contributed by atoms with E-state index in [-0.39, 0.29) is 0 Å². The molecule has 2 aromatic rings. The first-order valence-corrected chi connectivity index (χ1v) is 6.52. The lowest BCUT2D eigenvalue weighted by atomic mass is 10.2. The Balaban J connectivity index is 2.16. The molecule has 0 saturated heterocycles. The Morgan fingerprint density at radius 3 is 2.94 bits per heavy atom. The second-order valence-electron chi connectivity index (χ2n) is 4.30. The van der Waals surface area contributed by atoms with E-state index in [9.17, 15) is 0 Å². The molecule has 0 aromatic carbocycles. The lowest BCUT2D eigenvalue weighted by Gasteiger charge is -2.08. The maximum absolute atomic E-state index is 4.34. The van der Waals surface area contributed by atoms with Crippen LogP contribution >= 0.6 is 0 Å². The molecule has 2 rings (SSSR count). The fraction of sp³-hybridized carbons (Fsp3) is 0.429. The van der Waals surface area contributed by atoms with E-state index in [1.165, 1.54) is 5.56 Å². The monoisotopic (exact) mass is 244 g/mol. The van der Waals surface area contributed by atoms with Crippen LogP contribution in [-0.4, -0.2) is 21.1 Å². The van der Waals surface area contributed by atoms with Crippen molar-refractivity contribution in [1.29, 1.82) is 0 Å². The van der Waals surface area contributed by atoms with Crippen LogP contribution in [0.1, 0.15) is 31.7 Å². The summed E-state index contributed by atoms with van der Waals surface area (Å²) in [6.45, 7) is 6.18. The number of nitrogens with one attached hydrogen (secondary N) is 1. The van der Waals surface area contributed by atoms with E-state index in [2.05, 4.69) is 39.8 Å². The van der Waals surface area contributed by atoms with Gasteiger partial charge in [-0.15, -0.1) is 0 Å². The van der Waals surface area contributed by atoms with Crippen LogP contribution in [0.5, 0.6) is 0 Å². The van der Waals surface area contributed by atoms with Crippen molar-refractivity contribution in [2.75, 3.05) is 6.54 Å². The number of pyridine rings is 1. The summed E-state index contributed by atoms with van der Waals surface area (Å²) in [5, 5.41) is 3.39. The average Bonchev–Trinajstić information content (AvgIpc) is 2.88. The number of rotatable bonds is 6. The minimum atomic E-state index is 0.866. The van der Waals surface area contributed by atoms with Gasteiger partial charge in [-0.05, 0) is 24.6 Å². The summed E-state index contributed by atoms with van der Waals surface area (Å²) >= 11 is 0. The molecule has 4 nitrogen and oxygen atoms in total. The first kappa shape index (κ1) is 12.8. The molecule has 4 heteroatoms. The van der Waals surface area contributed by atoms with Crippen LogP contribution in [-0.2, 0) is 13.0 Å². The predicted molar refractivity (Wildman–Crippen MR) is 72.7 cm³/mol. The molecular weight excluding hydrogens is 224 g/mol. The Hall–Kier alpha value is -1.68. The number of aryl methyl sites for hydroxylation is 1. The zero-order valence-corrected chi connectivity index (χ0v) is 11.1. The number of hydrogen-bond acceptors (Lipinski definition) is 3. The van der Waals surface area contributed by atoms with Gasteiger partial charge >= 0.3 is 0 Å². The van der Waals surface area contributed by atoms with Crippen molar-refractivity contribution < 1.29 is 0 Å². The summed E-state index contributed by atoms with van der Waals surface area (Å²) in [4.78, 5) is 8.64. The molecule has 0 unspecified atom stereocenters. The van der Waals surface area contributed by atoms with Crippen molar-refractivity contribution in [1.82, 2.24) is 19.9 Å². The second kappa shape index (κ2) is 6.31. The Labute approximate surface area is 108 Å². The van der Waals surface area contributed by atoms with Crippen LogP contribution in [0.25, 0.3) is 5.69 Å². The molecular formula is C14H20N4. The van der Waals surface area contributed by atoms with Crippen LogP contribution in [0.15, 0.2) is 30.9 Å². The molecule has 96 valence electrons. The van der Waals surface area contributed by atoms with Crippen molar-refractivity contribution in [3.8, 4) is 5.69 Å². The molecule has 0 aliphatic carbocycles. The molecule has 0 fully saturated rings. The third kappa shape index (κ3) is 2.96. The Kier molecular flexibility index (Phi) is 4.47. The summed E-state index contributed by atoms with van der Waals surface area (Å²) in [6.07, 6.45) is 9.68. The van der Waals surface area contributed by atoms with Gasteiger partial charge in [0.05, 0.1) is 11.9 Å². The summed E-state index contributed by atoms with van der Waals surface area (Å²) < 4.78 is 2.09. The van der Waals surface area contributed by atoms with Crippen LogP contribution in [0.3, 0.4) is 0 Å². The Morgan fingerprint density at radius 1 is 1.28 bits per heavy atom. The zero-order chi connectivity index (χ0) is 12.8. The van der Waals surface area contributed by atoms with E-state index in [4.69, 9.17) is 0 Å². The summed E-state index contributed by atoms with van der Waals surface area (Å²) in [6, 6.07) is 2.16. The Bertz CT molecular complexity index is 490. The number of hydrogen-bond donors (Lipinski definition) is 1. The van der Waals surface area contributed by atoms with Gasteiger partial charge in [-0.3, -0.25) is 4.98 Å². The molecule has 0 spiro atoms. The molecule has 2 heterocycles. The lowest BCUT2D eigenvalue weighted by molar-refractivity contribution is 0.673. The molecule has 0 bridgehead atoms. The largest absolute Gasteiger partial charge is 0.313 e.